The Labute approximate surface area is 207 Å². The third-order valence-corrected chi connectivity index (χ3v) is 6.83. The van der Waals surface area contributed by atoms with Crippen molar-refractivity contribution < 1.29 is 35.9 Å². The van der Waals surface area contributed by atoms with E-state index in [1.807, 2.05) is 24.3 Å². The average molecular weight is 541 g/mol. The molecule has 0 bridgehead atoms. The molecule has 2 aliphatic rings. The lowest BCUT2D eigenvalue weighted by Crippen LogP contribution is -2.48. The lowest BCUT2D eigenvalue weighted by Gasteiger charge is -2.31. The van der Waals surface area contributed by atoms with Crippen molar-refractivity contribution in [3.05, 3.63) is 69.7 Å². The minimum absolute atomic E-state index is 0.0103. The highest BCUT2D eigenvalue weighted by Gasteiger charge is 2.60. The summed E-state index contributed by atoms with van der Waals surface area (Å²) in [6.45, 7) is 1.01. The minimum Gasteiger partial charge on any atom is -0.426 e. The number of carbonyl (C=O) groups excluding carboxylic acids is 1. The van der Waals surface area contributed by atoms with Gasteiger partial charge in [-0.3, -0.25) is 4.90 Å². The number of ether oxygens (including phenoxy) is 1. The van der Waals surface area contributed by atoms with Crippen LogP contribution in [0.5, 0.6) is 0 Å². The summed E-state index contributed by atoms with van der Waals surface area (Å²) in [6.07, 6.45) is -17.3. The predicted octanol–water partition coefficient (Wildman–Crippen LogP) is 6.58. The van der Waals surface area contributed by atoms with Crippen molar-refractivity contribution in [3.63, 3.8) is 0 Å². The first kappa shape index (κ1) is 25.9. The third kappa shape index (κ3) is 5.81. The molecular formula is C23H20Cl2F6N2O2. The highest BCUT2D eigenvalue weighted by molar-refractivity contribution is 6.30. The average Bonchev–Trinajstić information content (AvgIpc) is 3.32. The van der Waals surface area contributed by atoms with Crippen LogP contribution in [0.4, 0.5) is 31.1 Å². The van der Waals surface area contributed by atoms with Gasteiger partial charge in [-0.05, 0) is 47.2 Å². The molecule has 4 nitrogen and oxygen atoms in total. The number of amides is 1. The van der Waals surface area contributed by atoms with Gasteiger partial charge in [-0.15, -0.1) is 0 Å². The highest BCUT2D eigenvalue weighted by atomic mass is 35.5. The largest absolute Gasteiger partial charge is 0.434 e. The second-order valence-corrected chi connectivity index (χ2v) is 9.60. The van der Waals surface area contributed by atoms with Crippen LogP contribution in [0.3, 0.4) is 0 Å². The van der Waals surface area contributed by atoms with Crippen molar-refractivity contribution in [3.8, 4) is 0 Å². The van der Waals surface area contributed by atoms with E-state index in [9.17, 15) is 31.1 Å². The molecule has 2 heterocycles. The number of likely N-dealkylation sites (tertiary alicyclic amines) is 2. The summed E-state index contributed by atoms with van der Waals surface area (Å²) < 4.78 is 80.5. The lowest BCUT2D eigenvalue weighted by molar-refractivity contribution is -0.308. The van der Waals surface area contributed by atoms with Gasteiger partial charge in [-0.1, -0.05) is 47.5 Å². The fraction of sp³-hybridized carbons (Fsp3) is 0.435. The Morgan fingerprint density at radius 2 is 1.17 bits per heavy atom. The van der Waals surface area contributed by atoms with Crippen LogP contribution in [0.2, 0.25) is 10.0 Å². The molecule has 2 fully saturated rings. The summed E-state index contributed by atoms with van der Waals surface area (Å²) in [4.78, 5) is 15.3. The van der Waals surface area contributed by atoms with Crippen LogP contribution in [0.15, 0.2) is 48.5 Å². The molecule has 2 saturated heterocycles. The number of alkyl halides is 6. The van der Waals surface area contributed by atoms with Crippen molar-refractivity contribution in [1.29, 1.82) is 0 Å². The molecular weight excluding hydrogens is 521 g/mol. The molecule has 12 heteroatoms. The maximum absolute atomic E-state index is 12.8. The summed E-state index contributed by atoms with van der Waals surface area (Å²) in [5, 5.41) is 1.15. The van der Waals surface area contributed by atoms with Crippen molar-refractivity contribution in [2.45, 2.75) is 24.5 Å². The molecule has 0 radical (unpaired) electrons. The number of carbonyl (C=O) groups is 1. The first-order chi connectivity index (χ1) is 16.3. The number of halogens is 8. The van der Waals surface area contributed by atoms with E-state index in [-0.39, 0.29) is 31.0 Å². The normalized spacial score (nSPS) is 21.1. The molecule has 2 atom stereocenters. The number of hydrogen-bond donors (Lipinski definition) is 0. The van der Waals surface area contributed by atoms with Crippen molar-refractivity contribution in [1.82, 2.24) is 9.80 Å². The summed E-state index contributed by atoms with van der Waals surface area (Å²) in [5.74, 6) is -0.250. The zero-order chi connectivity index (χ0) is 25.5. The number of rotatable bonds is 4. The van der Waals surface area contributed by atoms with Crippen LogP contribution in [0.1, 0.15) is 17.2 Å². The first-order valence-electron chi connectivity index (χ1n) is 10.7. The topological polar surface area (TPSA) is 32.8 Å². The predicted molar refractivity (Wildman–Crippen MR) is 117 cm³/mol. The molecule has 0 aromatic heterocycles. The summed E-state index contributed by atoms with van der Waals surface area (Å²) in [7, 11) is 0. The molecule has 0 aliphatic carbocycles. The fourth-order valence-electron chi connectivity index (χ4n) is 4.79. The van der Waals surface area contributed by atoms with Crippen LogP contribution in [-0.2, 0) is 4.74 Å². The minimum atomic E-state index is -5.75. The summed E-state index contributed by atoms with van der Waals surface area (Å²) in [5.41, 5.74) is 1.93. The number of nitrogens with zero attached hydrogens (tertiary/aromatic N) is 2. The van der Waals surface area contributed by atoms with Gasteiger partial charge in [0.2, 0.25) is 0 Å². The Bertz CT molecular complexity index is 972. The molecule has 0 saturated carbocycles. The SMILES string of the molecule is O=C(OC(C(F)(F)F)C(F)(F)F)N1CC2CN(C(c3ccc(Cl)cc3)c3ccc(Cl)cc3)CC2C1. The lowest BCUT2D eigenvalue weighted by atomic mass is 9.97. The number of hydrogen-bond acceptors (Lipinski definition) is 3. The van der Waals surface area contributed by atoms with Gasteiger partial charge in [0.1, 0.15) is 0 Å². The molecule has 2 aromatic carbocycles. The van der Waals surface area contributed by atoms with E-state index < -0.39 is 24.5 Å². The van der Waals surface area contributed by atoms with Crippen LogP contribution in [0, 0.1) is 11.8 Å². The highest BCUT2D eigenvalue weighted by Crippen LogP contribution is 2.41. The zero-order valence-corrected chi connectivity index (χ0v) is 19.5. The fourth-order valence-corrected chi connectivity index (χ4v) is 5.04. The van der Waals surface area contributed by atoms with Crippen LogP contribution < -0.4 is 0 Å². The van der Waals surface area contributed by atoms with E-state index in [0.717, 1.165) is 16.0 Å². The van der Waals surface area contributed by atoms with Gasteiger partial charge in [-0.2, -0.15) is 26.3 Å². The van der Waals surface area contributed by atoms with Crippen LogP contribution in [-0.4, -0.2) is 60.5 Å². The van der Waals surface area contributed by atoms with Crippen LogP contribution in [0.25, 0.3) is 0 Å². The van der Waals surface area contributed by atoms with Gasteiger partial charge < -0.3 is 9.64 Å². The molecule has 35 heavy (non-hydrogen) atoms. The van der Waals surface area contributed by atoms with Gasteiger partial charge in [0.05, 0.1) is 6.04 Å². The monoisotopic (exact) mass is 540 g/mol. The van der Waals surface area contributed by atoms with Crippen molar-refractivity contribution in [2.24, 2.45) is 11.8 Å². The smallest absolute Gasteiger partial charge is 0.426 e. The molecule has 0 N–H and O–H groups in total. The molecule has 4 rings (SSSR count). The summed E-state index contributed by atoms with van der Waals surface area (Å²) in [6, 6.07) is 14.5. The quantitative estimate of drug-likeness (QED) is 0.411. The van der Waals surface area contributed by atoms with E-state index in [1.165, 1.54) is 0 Å². The van der Waals surface area contributed by atoms with Gasteiger partial charge in [0.15, 0.2) is 0 Å². The Hall–Kier alpha value is -2.17. The van der Waals surface area contributed by atoms with E-state index in [2.05, 4.69) is 9.64 Å². The maximum atomic E-state index is 12.8. The molecule has 2 aromatic rings. The van der Waals surface area contributed by atoms with E-state index in [0.29, 0.717) is 23.1 Å². The van der Waals surface area contributed by atoms with Crippen molar-refractivity contribution in [2.75, 3.05) is 26.2 Å². The Balaban J connectivity index is 1.47. The van der Waals surface area contributed by atoms with Crippen LogP contribution >= 0.6 is 23.2 Å². The van der Waals surface area contributed by atoms with Gasteiger partial charge in [-0.25, -0.2) is 4.79 Å². The Morgan fingerprint density at radius 1 is 0.771 bits per heavy atom. The first-order valence-corrected chi connectivity index (χ1v) is 11.4. The van der Waals surface area contributed by atoms with E-state index in [1.54, 1.807) is 24.3 Å². The van der Waals surface area contributed by atoms with Gasteiger partial charge >= 0.3 is 18.4 Å². The van der Waals surface area contributed by atoms with E-state index in [4.69, 9.17) is 23.2 Å². The van der Waals surface area contributed by atoms with Crippen molar-refractivity contribution >= 4 is 29.3 Å². The standard InChI is InChI=1S/C23H20Cl2F6N2O2/c24-17-5-1-13(2-6-17)19(14-3-7-18(25)8-4-14)32-9-15-11-33(12-16(15)10-32)21(34)35-20(22(26,27)28)23(29,30)31/h1-8,15-16,19-20H,9-12H2. The molecule has 2 unspecified atom stereocenters. The number of fused-ring (bicyclic) bond motifs is 1. The molecule has 0 spiro atoms. The summed E-state index contributed by atoms with van der Waals surface area (Å²) >= 11 is 12.1. The third-order valence-electron chi connectivity index (χ3n) is 6.32. The second-order valence-electron chi connectivity index (χ2n) is 8.73. The second kappa shape index (κ2) is 9.71. The Morgan fingerprint density at radius 3 is 1.54 bits per heavy atom. The maximum Gasteiger partial charge on any atom is 0.434 e. The molecule has 2 aliphatic heterocycles. The molecule has 1 amide bonds. The zero-order valence-electron chi connectivity index (χ0n) is 18.0. The Kier molecular flexibility index (Phi) is 7.19. The molecule has 190 valence electrons. The van der Waals surface area contributed by atoms with Gasteiger partial charge in [0, 0.05) is 36.2 Å². The van der Waals surface area contributed by atoms with Gasteiger partial charge in [0.25, 0.3) is 6.10 Å². The van der Waals surface area contributed by atoms with E-state index >= 15 is 0 Å². The number of benzene rings is 2.